The standard InChI is InChI=1S/C18H18N6O2S2/c25-16-15-12(13-7-4-8-26-13)9-27-17(15)20-14(19-16)10-28-18-21-22-23-24(18)11-5-2-1-3-6-11/h4,7-9,11H,1-3,5-6,10H2,(H,19,20,25). The van der Waals surface area contributed by atoms with Crippen LogP contribution < -0.4 is 5.56 Å². The monoisotopic (exact) mass is 414 g/mol. The molecule has 8 nitrogen and oxygen atoms in total. The number of hydrogen-bond acceptors (Lipinski definition) is 8. The van der Waals surface area contributed by atoms with Gasteiger partial charge in [0.25, 0.3) is 5.56 Å². The van der Waals surface area contributed by atoms with E-state index in [2.05, 4.69) is 25.5 Å². The van der Waals surface area contributed by atoms with Crippen molar-refractivity contribution in [2.24, 2.45) is 0 Å². The molecule has 1 aliphatic rings. The second kappa shape index (κ2) is 7.51. The maximum atomic E-state index is 12.7. The molecule has 1 fully saturated rings. The second-order valence-electron chi connectivity index (χ2n) is 6.81. The van der Waals surface area contributed by atoms with E-state index in [0.717, 1.165) is 23.6 Å². The number of nitrogens with zero attached hydrogens (tertiary/aromatic N) is 5. The molecule has 4 aromatic heterocycles. The van der Waals surface area contributed by atoms with Crippen LogP contribution in [0.3, 0.4) is 0 Å². The first-order valence-corrected chi connectivity index (χ1v) is 11.1. The van der Waals surface area contributed by atoms with E-state index in [-0.39, 0.29) is 5.56 Å². The molecule has 28 heavy (non-hydrogen) atoms. The smallest absolute Gasteiger partial charge is 0.260 e. The molecule has 10 heteroatoms. The fourth-order valence-corrected chi connectivity index (χ4v) is 5.40. The first kappa shape index (κ1) is 17.6. The van der Waals surface area contributed by atoms with Crippen LogP contribution in [0.15, 0.2) is 38.1 Å². The van der Waals surface area contributed by atoms with Crippen molar-refractivity contribution in [1.29, 1.82) is 0 Å². The first-order valence-electron chi connectivity index (χ1n) is 9.24. The number of thiophene rings is 1. The molecular formula is C18H18N6O2S2. The van der Waals surface area contributed by atoms with Crippen molar-refractivity contribution in [2.75, 3.05) is 0 Å². The van der Waals surface area contributed by atoms with Crippen molar-refractivity contribution in [2.45, 2.75) is 49.1 Å². The van der Waals surface area contributed by atoms with E-state index in [0.29, 0.717) is 33.6 Å². The Bertz CT molecular complexity index is 1140. The third-order valence-electron chi connectivity index (χ3n) is 5.00. The summed E-state index contributed by atoms with van der Waals surface area (Å²) in [6.45, 7) is 0. The van der Waals surface area contributed by atoms with Crippen molar-refractivity contribution < 1.29 is 4.42 Å². The zero-order valence-corrected chi connectivity index (χ0v) is 16.6. The third kappa shape index (κ3) is 3.26. The highest BCUT2D eigenvalue weighted by Gasteiger charge is 2.21. The van der Waals surface area contributed by atoms with Gasteiger partial charge < -0.3 is 9.40 Å². The van der Waals surface area contributed by atoms with Crippen LogP contribution in [-0.4, -0.2) is 30.2 Å². The fraction of sp³-hybridized carbons (Fsp3) is 0.389. The van der Waals surface area contributed by atoms with Gasteiger partial charge in [0.15, 0.2) is 0 Å². The van der Waals surface area contributed by atoms with Crippen molar-refractivity contribution >= 4 is 33.3 Å². The lowest BCUT2D eigenvalue weighted by Gasteiger charge is -2.21. The van der Waals surface area contributed by atoms with Crippen LogP contribution in [0.1, 0.15) is 44.0 Å². The van der Waals surface area contributed by atoms with Gasteiger partial charge in [0.1, 0.15) is 16.4 Å². The van der Waals surface area contributed by atoms with Crippen LogP contribution >= 0.6 is 23.1 Å². The minimum absolute atomic E-state index is 0.153. The number of H-pyrrole nitrogens is 1. The van der Waals surface area contributed by atoms with Crippen molar-refractivity contribution in [3.8, 4) is 11.3 Å². The molecular weight excluding hydrogens is 396 g/mol. The van der Waals surface area contributed by atoms with E-state index < -0.39 is 0 Å². The average Bonchev–Trinajstić information content (AvgIpc) is 3.46. The molecule has 4 heterocycles. The van der Waals surface area contributed by atoms with Crippen LogP contribution in [0.2, 0.25) is 0 Å². The van der Waals surface area contributed by atoms with Crippen LogP contribution in [-0.2, 0) is 5.75 Å². The SMILES string of the molecule is O=c1[nH]c(CSc2nnnn2C2CCCCC2)nc2scc(-c3ccco3)c12. The number of furan rings is 1. The maximum Gasteiger partial charge on any atom is 0.260 e. The second-order valence-corrected chi connectivity index (χ2v) is 8.61. The summed E-state index contributed by atoms with van der Waals surface area (Å²) in [5, 5.41) is 15.5. The Morgan fingerprint density at radius 2 is 2.21 bits per heavy atom. The van der Waals surface area contributed by atoms with Gasteiger partial charge in [0.05, 0.1) is 23.4 Å². The van der Waals surface area contributed by atoms with Gasteiger partial charge in [-0.3, -0.25) is 4.79 Å². The number of rotatable bonds is 5. The highest BCUT2D eigenvalue weighted by Crippen LogP contribution is 2.32. The van der Waals surface area contributed by atoms with Crippen molar-refractivity contribution in [3.05, 3.63) is 40.0 Å². The van der Waals surface area contributed by atoms with Gasteiger partial charge in [-0.25, -0.2) is 9.67 Å². The lowest BCUT2D eigenvalue weighted by Crippen LogP contribution is -2.15. The molecule has 5 rings (SSSR count). The van der Waals surface area contributed by atoms with Crippen molar-refractivity contribution in [3.63, 3.8) is 0 Å². The fourth-order valence-electron chi connectivity index (χ4n) is 3.64. The van der Waals surface area contributed by atoms with Crippen molar-refractivity contribution in [1.82, 2.24) is 30.2 Å². The molecule has 1 N–H and O–H groups in total. The van der Waals surface area contributed by atoms with Gasteiger partial charge in [-0.1, -0.05) is 31.0 Å². The van der Waals surface area contributed by atoms with Crippen LogP contribution in [0.5, 0.6) is 0 Å². The normalized spacial score (nSPS) is 15.4. The van der Waals surface area contributed by atoms with Gasteiger partial charge in [0.2, 0.25) is 5.16 Å². The van der Waals surface area contributed by atoms with Gasteiger partial charge in [-0.2, -0.15) is 0 Å². The lowest BCUT2D eigenvalue weighted by atomic mass is 9.96. The molecule has 0 saturated heterocycles. The van der Waals surface area contributed by atoms with E-state index in [1.165, 1.54) is 42.4 Å². The summed E-state index contributed by atoms with van der Waals surface area (Å²) in [4.78, 5) is 20.9. The summed E-state index contributed by atoms with van der Waals surface area (Å²) in [6.07, 6.45) is 7.55. The van der Waals surface area contributed by atoms with Gasteiger partial charge in [-0.15, -0.1) is 16.4 Å². The number of tetrazole rings is 1. The lowest BCUT2D eigenvalue weighted by molar-refractivity contribution is 0.307. The number of nitrogens with one attached hydrogen (secondary N) is 1. The van der Waals surface area contributed by atoms with E-state index in [4.69, 9.17) is 4.42 Å². The quantitative estimate of drug-likeness (QED) is 0.492. The zero-order valence-electron chi connectivity index (χ0n) is 15.0. The molecule has 1 aliphatic carbocycles. The topological polar surface area (TPSA) is 102 Å². The number of fused-ring (bicyclic) bond motifs is 1. The maximum absolute atomic E-state index is 12.7. The molecule has 0 bridgehead atoms. The molecule has 1 saturated carbocycles. The summed E-state index contributed by atoms with van der Waals surface area (Å²) in [5.41, 5.74) is 0.624. The Morgan fingerprint density at radius 1 is 1.32 bits per heavy atom. The van der Waals surface area contributed by atoms with Crippen LogP contribution in [0.25, 0.3) is 21.5 Å². The molecule has 0 aliphatic heterocycles. The third-order valence-corrected chi connectivity index (χ3v) is 6.82. The number of aromatic amines is 1. The predicted octanol–water partition coefficient (Wildman–Crippen LogP) is 4.03. The number of aromatic nitrogens is 6. The Labute approximate surface area is 168 Å². The summed E-state index contributed by atoms with van der Waals surface area (Å²) >= 11 is 2.95. The van der Waals surface area contributed by atoms with Crippen LogP contribution in [0.4, 0.5) is 0 Å². The molecule has 4 aromatic rings. The minimum Gasteiger partial charge on any atom is -0.464 e. The Balaban J connectivity index is 1.38. The summed E-state index contributed by atoms with van der Waals surface area (Å²) in [6, 6.07) is 4.02. The number of hydrogen-bond donors (Lipinski definition) is 1. The molecule has 144 valence electrons. The first-order chi connectivity index (χ1) is 13.8. The van der Waals surface area contributed by atoms with E-state index in [9.17, 15) is 4.79 Å². The summed E-state index contributed by atoms with van der Waals surface area (Å²) in [5.74, 6) is 1.80. The Morgan fingerprint density at radius 3 is 3.04 bits per heavy atom. The zero-order chi connectivity index (χ0) is 18.9. The van der Waals surface area contributed by atoms with Gasteiger partial charge >= 0.3 is 0 Å². The highest BCUT2D eigenvalue weighted by atomic mass is 32.2. The molecule has 0 radical (unpaired) electrons. The Kier molecular flexibility index (Phi) is 4.73. The van der Waals surface area contributed by atoms with Crippen LogP contribution in [0, 0.1) is 0 Å². The average molecular weight is 415 g/mol. The van der Waals surface area contributed by atoms with Gasteiger partial charge in [0, 0.05) is 10.9 Å². The predicted molar refractivity (Wildman–Crippen MR) is 107 cm³/mol. The summed E-state index contributed by atoms with van der Waals surface area (Å²) in [7, 11) is 0. The summed E-state index contributed by atoms with van der Waals surface area (Å²) < 4.78 is 7.37. The molecule has 0 atom stereocenters. The molecule has 0 amide bonds. The molecule has 0 unspecified atom stereocenters. The number of thioether (sulfide) groups is 1. The van der Waals surface area contributed by atoms with E-state index in [1.54, 1.807) is 6.26 Å². The van der Waals surface area contributed by atoms with Gasteiger partial charge in [-0.05, 0) is 35.4 Å². The van der Waals surface area contributed by atoms with E-state index >= 15 is 0 Å². The minimum atomic E-state index is -0.153. The highest BCUT2D eigenvalue weighted by molar-refractivity contribution is 7.98. The largest absolute Gasteiger partial charge is 0.464 e. The molecule has 0 spiro atoms. The Hall–Kier alpha value is -2.46. The van der Waals surface area contributed by atoms with E-state index in [1.807, 2.05) is 22.2 Å². The molecule has 0 aromatic carbocycles.